The van der Waals surface area contributed by atoms with Gasteiger partial charge in [-0.25, -0.2) is 4.39 Å². The zero-order valence-corrected chi connectivity index (χ0v) is 7.25. The standard InChI is InChI=1S/C9H13FO2/c1-3-7(10)9(11)8-5-4-6(2)12-8/h4-5,7,9,11H,3H2,1-2H3. The van der Waals surface area contributed by atoms with Gasteiger partial charge in [-0.3, -0.25) is 0 Å². The van der Waals surface area contributed by atoms with Crippen LogP contribution in [0.4, 0.5) is 4.39 Å². The third-order valence-corrected chi connectivity index (χ3v) is 1.79. The lowest BCUT2D eigenvalue weighted by Gasteiger charge is -2.10. The van der Waals surface area contributed by atoms with Crippen molar-refractivity contribution in [2.45, 2.75) is 32.5 Å². The topological polar surface area (TPSA) is 33.4 Å². The predicted octanol–water partition coefficient (Wildman–Crippen LogP) is 2.37. The highest BCUT2D eigenvalue weighted by Crippen LogP contribution is 2.22. The molecule has 12 heavy (non-hydrogen) atoms. The summed E-state index contributed by atoms with van der Waals surface area (Å²) in [5.74, 6) is 0.995. The van der Waals surface area contributed by atoms with Crippen LogP contribution >= 0.6 is 0 Å². The number of hydrogen-bond acceptors (Lipinski definition) is 2. The van der Waals surface area contributed by atoms with Crippen molar-refractivity contribution in [2.24, 2.45) is 0 Å². The summed E-state index contributed by atoms with van der Waals surface area (Å²) >= 11 is 0. The van der Waals surface area contributed by atoms with Crippen LogP contribution < -0.4 is 0 Å². The van der Waals surface area contributed by atoms with E-state index in [4.69, 9.17) is 4.42 Å². The first-order valence-corrected chi connectivity index (χ1v) is 4.03. The minimum Gasteiger partial charge on any atom is -0.464 e. The van der Waals surface area contributed by atoms with Gasteiger partial charge in [0.2, 0.25) is 0 Å². The normalized spacial score (nSPS) is 16.0. The number of aliphatic hydroxyl groups is 1. The SMILES string of the molecule is CCC(F)C(O)c1ccc(C)o1. The Morgan fingerprint density at radius 3 is 2.67 bits per heavy atom. The molecule has 1 N–H and O–H groups in total. The lowest BCUT2D eigenvalue weighted by Crippen LogP contribution is -2.11. The zero-order chi connectivity index (χ0) is 9.14. The van der Waals surface area contributed by atoms with Gasteiger partial charge in [-0.05, 0) is 25.5 Å². The number of halogens is 1. The van der Waals surface area contributed by atoms with Crippen LogP contribution in [-0.4, -0.2) is 11.3 Å². The number of rotatable bonds is 3. The first-order valence-electron chi connectivity index (χ1n) is 4.03. The maximum absolute atomic E-state index is 12.9. The number of furan rings is 1. The molecular weight excluding hydrogens is 159 g/mol. The van der Waals surface area contributed by atoms with E-state index >= 15 is 0 Å². The van der Waals surface area contributed by atoms with E-state index in [2.05, 4.69) is 0 Å². The highest BCUT2D eigenvalue weighted by molar-refractivity contribution is 5.09. The van der Waals surface area contributed by atoms with Crippen LogP contribution in [0.3, 0.4) is 0 Å². The Bertz CT molecular complexity index is 244. The second-order valence-corrected chi connectivity index (χ2v) is 2.82. The number of aliphatic hydroxyl groups excluding tert-OH is 1. The van der Waals surface area contributed by atoms with E-state index in [9.17, 15) is 9.50 Å². The summed E-state index contributed by atoms with van der Waals surface area (Å²) in [7, 11) is 0. The molecular formula is C9H13FO2. The largest absolute Gasteiger partial charge is 0.464 e. The second kappa shape index (κ2) is 3.72. The van der Waals surface area contributed by atoms with Crippen molar-refractivity contribution in [3.05, 3.63) is 23.7 Å². The first-order chi connectivity index (χ1) is 5.65. The molecule has 1 aromatic rings. The van der Waals surface area contributed by atoms with E-state index in [1.54, 1.807) is 26.0 Å². The van der Waals surface area contributed by atoms with Crippen LogP contribution in [0.5, 0.6) is 0 Å². The smallest absolute Gasteiger partial charge is 0.143 e. The molecule has 0 bridgehead atoms. The number of alkyl halides is 1. The van der Waals surface area contributed by atoms with Crippen LogP contribution in [0.25, 0.3) is 0 Å². The van der Waals surface area contributed by atoms with Crippen LogP contribution in [-0.2, 0) is 0 Å². The Balaban J connectivity index is 2.70. The molecule has 0 radical (unpaired) electrons. The molecule has 3 heteroatoms. The molecule has 2 unspecified atom stereocenters. The summed E-state index contributed by atoms with van der Waals surface area (Å²) in [6.45, 7) is 3.44. The number of aryl methyl sites for hydroxylation is 1. The van der Waals surface area contributed by atoms with Crippen molar-refractivity contribution < 1.29 is 13.9 Å². The van der Waals surface area contributed by atoms with E-state index in [0.29, 0.717) is 17.9 Å². The van der Waals surface area contributed by atoms with Crippen molar-refractivity contribution in [2.75, 3.05) is 0 Å². The average Bonchev–Trinajstić information content (AvgIpc) is 2.49. The van der Waals surface area contributed by atoms with Gasteiger partial charge in [-0.15, -0.1) is 0 Å². The van der Waals surface area contributed by atoms with E-state index in [1.807, 2.05) is 0 Å². The fraction of sp³-hybridized carbons (Fsp3) is 0.556. The van der Waals surface area contributed by atoms with Crippen molar-refractivity contribution >= 4 is 0 Å². The minimum atomic E-state index is -1.24. The molecule has 1 aromatic heterocycles. The fourth-order valence-electron chi connectivity index (χ4n) is 1.01. The lowest BCUT2D eigenvalue weighted by atomic mass is 10.1. The van der Waals surface area contributed by atoms with Gasteiger partial charge in [0.1, 0.15) is 23.8 Å². The van der Waals surface area contributed by atoms with Gasteiger partial charge in [-0.1, -0.05) is 6.92 Å². The third kappa shape index (κ3) is 1.85. The molecule has 2 atom stereocenters. The summed E-state index contributed by atoms with van der Waals surface area (Å²) in [6.07, 6.45) is -2.07. The third-order valence-electron chi connectivity index (χ3n) is 1.79. The van der Waals surface area contributed by atoms with E-state index in [1.165, 1.54) is 0 Å². The van der Waals surface area contributed by atoms with Crippen LogP contribution in [0.1, 0.15) is 31.0 Å². The predicted molar refractivity (Wildman–Crippen MR) is 43.6 cm³/mol. The molecule has 0 saturated heterocycles. The quantitative estimate of drug-likeness (QED) is 0.759. The first kappa shape index (κ1) is 9.26. The van der Waals surface area contributed by atoms with Gasteiger partial charge >= 0.3 is 0 Å². The van der Waals surface area contributed by atoms with Crippen molar-refractivity contribution in [3.63, 3.8) is 0 Å². The Kier molecular flexibility index (Phi) is 2.87. The molecule has 0 saturated carbocycles. The molecule has 0 aromatic carbocycles. The highest BCUT2D eigenvalue weighted by Gasteiger charge is 2.20. The lowest BCUT2D eigenvalue weighted by molar-refractivity contribution is 0.0567. The molecule has 2 nitrogen and oxygen atoms in total. The molecule has 0 aliphatic carbocycles. The summed E-state index contributed by atoms with van der Waals surface area (Å²) in [5, 5.41) is 9.33. The molecule has 0 spiro atoms. The van der Waals surface area contributed by atoms with E-state index in [-0.39, 0.29) is 0 Å². The van der Waals surface area contributed by atoms with Gasteiger partial charge in [0.25, 0.3) is 0 Å². The maximum Gasteiger partial charge on any atom is 0.143 e. The molecule has 0 aliphatic rings. The summed E-state index contributed by atoms with van der Waals surface area (Å²) in [5.41, 5.74) is 0. The van der Waals surface area contributed by atoms with Gasteiger partial charge in [0.05, 0.1) is 0 Å². The summed E-state index contributed by atoms with van der Waals surface area (Å²) < 4.78 is 18.0. The van der Waals surface area contributed by atoms with E-state index < -0.39 is 12.3 Å². The minimum absolute atomic E-state index is 0.293. The van der Waals surface area contributed by atoms with Gasteiger partial charge in [0, 0.05) is 0 Å². The Labute approximate surface area is 71.0 Å². The molecule has 68 valence electrons. The number of hydrogen-bond donors (Lipinski definition) is 1. The zero-order valence-electron chi connectivity index (χ0n) is 7.25. The maximum atomic E-state index is 12.9. The van der Waals surface area contributed by atoms with Gasteiger partial charge in [0.15, 0.2) is 0 Å². The van der Waals surface area contributed by atoms with Crippen molar-refractivity contribution in [1.82, 2.24) is 0 Å². The van der Waals surface area contributed by atoms with Crippen molar-refractivity contribution in [1.29, 1.82) is 0 Å². The van der Waals surface area contributed by atoms with Crippen molar-refractivity contribution in [3.8, 4) is 0 Å². The van der Waals surface area contributed by atoms with Crippen LogP contribution in [0.15, 0.2) is 16.5 Å². The highest BCUT2D eigenvalue weighted by atomic mass is 19.1. The molecule has 1 rings (SSSR count). The van der Waals surface area contributed by atoms with Crippen LogP contribution in [0, 0.1) is 6.92 Å². The molecule has 0 amide bonds. The molecule has 0 aliphatic heterocycles. The Hall–Kier alpha value is -0.830. The Morgan fingerprint density at radius 2 is 2.25 bits per heavy atom. The summed E-state index contributed by atoms with van der Waals surface area (Å²) in [6, 6.07) is 3.31. The van der Waals surface area contributed by atoms with E-state index in [0.717, 1.165) is 0 Å². The summed E-state index contributed by atoms with van der Waals surface area (Å²) in [4.78, 5) is 0. The fourth-order valence-corrected chi connectivity index (χ4v) is 1.01. The Morgan fingerprint density at radius 1 is 1.58 bits per heavy atom. The molecule has 1 heterocycles. The monoisotopic (exact) mass is 172 g/mol. The molecule has 0 fully saturated rings. The van der Waals surface area contributed by atoms with Gasteiger partial charge in [-0.2, -0.15) is 0 Å². The van der Waals surface area contributed by atoms with Crippen LogP contribution in [0.2, 0.25) is 0 Å². The second-order valence-electron chi connectivity index (χ2n) is 2.82. The van der Waals surface area contributed by atoms with Gasteiger partial charge < -0.3 is 9.52 Å². The average molecular weight is 172 g/mol.